The molecule has 178 valence electrons. The van der Waals surface area contributed by atoms with Gasteiger partial charge in [-0.3, -0.25) is 0 Å². The van der Waals surface area contributed by atoms with E-state index in [1.807, 2.05) is 12.1 Å². The van der Waals surface area contributed by atoms with Crippen LogP contribution in [0.3, 0.4) is 0 Å². The molecule has 0 bridgehead atoms. The summed E-state index contributed by atoms with van der Waals surface area (Å²) in [6, 6.07) is 33.4. The lowest BCUT2D eigenvalue weighted by Crippen LogP contribution is -2.43. The molecule has 2 N–H and O–H groups in total. The minimum absolute atomic E-state index is 0.253. The molecule has 2 unspecified atom stereocenters. The predicted octanol–water partition coefficient (Wildman–Crippen LogP) is 6.50. The molecular weight excluding hydrogens is 432 g/mol. The van der Waals surface area contributed by atoms with Crippen LogP contribution in [0.25, 0.3) is 10.8 Å². The first-order chi connectivity index (χ1) is 17.1. The standard InChI is InChI=1S/C31H32N2O2/c1-22(28-16-8-12-23-11-5-6-15-29(23)28)32-20-26-17-18-33(21-30(26)24-9-3-2-4-10-24)27-14-7-13-25(19-27)31(34)35/h2-16,19,22,26,30,32H,17-18,20-21H2,1H3,(H,34,35)/t22-,26?,30?/m1/s1. The highest BCUT2D eigenvalue weighted by Crippen LogP contribution is 2.35. The fourth-order valence-corrected chi connectivity index (χ4v) is 5.46. The molecule has 0 radical (unpaired) electrons. The van der Waals surface area contributed by atoms with E-state index in [2.05, 4.69) is 89.9 Å². The zero-order valence-corrected chi connectivity index (χ0v) is 20.1. The Bertz CT molecular complexity index is 1300. The van der Waals surface area contributed by atoms with Crippen LogP contribution in [0.4, 0.5) is 5.69 Å². The second-order valence-electron chi connectivity index (χ2n) is 9.57. The first-order valence-corrected chi connectivity index (χ1v) is 12.4. The molecule has 1 aliphatic rings. The number of piperidine rings is 1. The van der Waals surface area contributed by atoms with Crippen molar-refractivity contribution in [1.82, 2.24) is 5.32 Å². The lowest BCUT2D eigenvalue weighted by atomic mass is 9.80. The van der Waals surface area contributed by atoms with Crippen LogP contribution in [0.2, 0.25) is 0 Å². The summed E-state index contributed by atoms with van der Waals surface area (Å²) in [6.07, 6.45) is 1.05. The monoisotopic (exact) mass is 464 g/mol. The highest BCUT2D eigenvalue weighted by atomic mass is 16.4. The number of carbonyl (C=O) groups is 1. The van der Waals surface area contributed by atoms with Crippen LogP contribution >= 0.6 is 0 Å². The third-order valence-electron chi connectivity index (χ3n) is 7.42. The molecule has 4 heteroatoms. The molecule has 1 aliphatic heterocycles. The lowest BCUT2D eigenvalue weighted by Gasteiger charge is -2.41. The summed E-state index contributed by atoms with van der Waals surface area (Å²) in [6.45, 7) is 4.99. The van der Waals surface area contributed by atoms with Gasteiger partial charge in [0.05, 0.1) is 5.56 Å². The van der Waals surface area contributed by atoms with Crippen LogP contribution in [0.5, 0.6) is 0 Å². The summed E-state index contributed by atoms with van der Waals surface area (Å²) >= 11 is 0. The maximum atomic E-state index is 11.5. The number of carboxylic acid groups (broad SMARTS) is 1. The summed E-state index contributed by atoms with van der Waals surface area (Å²) < 4.78 is 0. The molecule has 5 rings (SSSR count). The van der Waals surface area contributed by atoms with Crippen LogP contribution < -0.4 is 10.2 Å². The van der Waals surface area contributed by atoms with Gasteiger partial charge < -0.3 is 15.3 Å². The average Bonchev–Trinajstić information content (AvgIpc) is 2.92. The van der Waals surface area contributed by atoms with Crippen molar-refractivity contribution in [3.63, 3.8) is 0 Å². The van der Waals surface area contributed by atoms with Crippen molar-refractivity contribution in [2.75, 3.05) is 24.5 Å². The molecule has 1 fully saturated rings. The minimum Gasteiger partial charge on any atom is -0.478 e. The Labute approximate surface area is 207 Å². The molecule has 4 nitrogen and oxygen atoms in total. The normalized spacial score (nSPS) is 18.9. The third kappa shape index (κ3) is 5.08. The van der Waals surface area contributed by atoms with Gasteiger partial charge >= 0.3 is 5.97 Å². The van der Waals surface area contributed by atoms with Crippen LogP contribution in [-0.2, 0) is 0 Å². The van der Waals surface area contributed by atoms with Gasteiger partial charge in [-0.05, 0) is 65.9 Å². The average molecular weight is 465 g/mol. The van der Waals surface area contributed by atoms with Crippen molar-refractivity contribution in [3.05, 3.63) is 114 Å². The van der Waals surface area contributed by atoms with Crippen molar-refractivity contribution in [2.24, 2.45) is 5.92 Å². The number of carboxylic acids is 1. The molecule has 1 saturated heterocycles. The molecule has 0 aromatic heterocycles. The van der Waals surface area contributed by atoms with Gasteiger partial charge in [0.1, 0.15) is 0 Å². The lowest BCUT2D eigenvalue weighted by molar-refractivity contribution is 0.0697. The smallest absolute Gasteiger partial charge is 0.335 e. The summed E-state index contributed by atoms with van der Waals surface area (Å²) in [7, 11) is 0. The quantitative estimate of drug-likeness (QED) is 0.328. The van der Waals surface area contributed by atoms with E-state index in [4.69, 9.17) is 0 Å². The largest absolute Gasteiger partial charge is 0.478 e. The van der Waals surface area contributed by atoms with Crippen molar-refractivity contribution >= 4 is 22.4 Å². The highest BCUT2D eigenvalue weighted by Gasteiger charge is 2.31. The van der Waals surface area contributed by atoms with E-state index in [-0.39, 0.29) is 6.04 Å². The fourth-order valence-electron chi connectivity index (χ4n) is 5.46. The number of aromatic carboxylic acids is 1. The van der Waals surface area contributed by atoms with E-state index < -0.39 is 5.97 Å². The molecule has 0 aliphatic carbocycles. The Balaban J connectivity index is 1.35. The predicted molar refractivity (Wildman–Crippen MR) is 143 cm³/mol. The van der Waals surface area contributed by atoms with E-state index in [9.17, 15) is 9.90 Å². The van der Waals surface area contributed by atoms with Gasteiger partial charge in [-0.25, -0.2) is 4.79 Å². The second-order valence-corrected chi connectivity index (χ2v) is 9.57. The molecule has 0 saturated carbocycles. The minimum atomic E-state index is -0.882. The van der Waals surface area contributed by atoms with E-state index in [1.54, 1.807) is 12.1 Å². The summed E-state index contributed by atoms with van der Waals surface area (Å²) in [5.74, 6) is -0.0210. The van der Waals surface area contributed by atoms with Gasteiger partial charge in [0.15, 0.2) is 0 Å². The third-order valence-corrected chi connectivity index (χ3v) is 7.42. The number of nitrogens with one attached hydrogen (secondary N) is 1. The Hall–Kier alpha value is -3.63. The molecule has 4 aromatic rings. The Morgan fingerprint density at radius 1 is 0.971 bits per heavy atom. The Kier molecular flexibility index (Phi) is 6.82. The maximum Gasteiger partial charge on any atom is 0.335 e. The van der Waals surface area contributed by atoms with Gasteiger partial charge in [0.2, 0.25) is 0 Å². The van der Waals surface area contributed by atoms with Crippen molar-refractivity contribution in [2.45, 2.75) is 25.3 Å². The number of hydrogen-bond donors (Lipinski definition) is 2. The topological polar surface area (TPSA) is 52.6 Å². The van der Waals surface area contributed by atoms with Crippen molar-refractivity contribution in [1.29, 1.82) is 0 Å². The van der Waals surface area contributed by atoms with E-state index in [1.165, 1.54) is 21.9 Å². The van der Waals surface area contributed by atoms with E-state index >= 15 is 0 Å². The molecule has 35 heavy (non-hydrogen) atoms. The van der Waals surface area contributed by atoms with Crippen molar-refractivity contribution in [3.8, 4) is 0 Å². The maximum absolute atomic E-state index is 11.5. The van der Waals surface area contributed by atoms with Crippen LogP contribution in [-0.4, -0.2) is 30.7 Å². The number of nitrogens with zero attached hydrogens (tertiary/aromatic N) is 1. The number of benzene rings is 4. The van der Waals surface area contributed by atoms with Gasteiger partial charge in [0.25, 0.3) is 0 Å². The van der Waals surface area contributed by atoms with Gasteiger partial charge in [-0.2, -0.15) is 0 Å². The van der Waals surface area contributed by atoms with Crippen LogP contribution in [0, 0.1) is 5.92 Å². The summed E-state index contributed by atoms with van der Waals surface area (Å²) in [4.78, 5) is 13.8. The summed E-state index contributed by atoms with van der Waals surface area (Å²) in [5.41, 5.74) is 4.01. The zero-order valence-electron chi connectivity index (χ0n) is 20.1. The molecule has 0 amide bonds. The van der Waals surface area contributed by atoms with Crippen molar-refractivity contribution < 1.29 is 9.90 Å². The summed E-state index contributed by atoms with van der Waals surface area (Å²) in [5, 5.41) is 15.9. The van der Waals surface area contributed by atoms with E-state index in [0.29, 0.717) is 17.4 Å². The molecular formula is C31H32N2O2. The first kappa shape index (κ1) is 23.1. The Morgan fingerprint density at radius 3 is 2.54 bits per heavy atom. The molecule has 4 aromatic carbocycles. The zero-order chi connectivity index (χ0) is 24.2. The Morgan fingerprint density at radius 2 is 1.71 bits per heavy atom. The number of fused-ring (bicyclic) bond motifs is 1. The van der Waals surface area contributed by atoms with E-state index in [0.717, 1.165) is 31.7 Å². The molecule has 3 atom stereocenters. The fraction of sp³-hybridized carbons (Fsp3) is 0.258. The number of hydrogen-bond acceptors (Lipinski definition) is 3. The van der Waals surface area contributed by atoms with Gasteiger partial charge in [-0.1, -0.05) is 78.9 Å². The highest BCUT2D eigenvalue weighted by molar-refractivity contribution is 5.89. The van der Waals surface area contributed by atoms with Gasteiger partial charge in [0, 0.05) is 30.7 Å². The first-order valence-electron chi connectivity index (χ1n) is 12.4. The SMILES string of the molecule is C[C@@H](NCC1CCN(c2cccc(C(=O)O)c2)CC1c1ccccc1)c1cccc2ccccc12. The number of anilines is 1. The molecule has 1 heterocycles. The van der Waals surface area contributed by atoms with Gasteiger partial charge in [-0.15, -0.1) is 0 Å². The number of rotatable bonds is 7. The molecule has 0 spiro atoms. The second kappa shape index (κ2) is 10.3. The van der Waals surface area contributed by atoms with Crippen LogP contribution in [0.1, 0.15) is 46.8 Å². The van der Waals surface area contributed by atoms with Crippen LogP contribution in [0.15, 0.2) is 97.1 Å².